The second kappa shape index (κ2) is 7.36. The molecule has 9 heteroatoms. The number of fused-ring (bicyclic) bond motifs is 3. The monoisotopic (exact) mass is 484 g/mol. The third kappa shape index (κ3) is 2.92. The van der Waals surface area contributed by atoms with Crippen LogP contribution in [0.5, 0.6) is 0 Å². The molecule has 0 radical (unpaired) electrons. The Labute approximate surface area is 205 Å². The van der Waals surface area contributed by atoms with Crippen molar-refractivity contribution in [3.8, 4) is 0 Å². The van der Waals surface area contributed by atoms with Crippen LogP contribution in [0.25, 0.3) is 11.3 Å². The van der Waals surface area contributed by atoms with Gasteiger partial charge in [-0.3, -0.25) is 4.90 Å². The highest BCUT2D eigenvalue weighted by Gasteiger charge is 2.64. The molecule has 2 aromatic heterocycles. The van der Waals surface area contributed by atoms with Crippen LogP contribution in [0.15, 0.2) is 67.5 Å². The first-order valence-electron chi connectivity index (χ1n) is 11.9. The van der Waals surface area contributed by atoms with Gasteiger partial charge in [0.15, 0.2) is 5.65 Å². The van der Waals surface area contributed by atoms with Gasteiger partial charge in [-0.15, -0.1) is 0 Å². The summed E-state index contributed by atoms with van der Waals surface area (Å²) >= 11 is 0. The van der Waals surface area contributed by atoms with Crippen LogP contribution in [0.3, 0.4) is 0 Å². The topological polar surface area (TPSA) is 65.8 Å². The van der Waals surface area contributed by atoms with E-state index in [1.165, 1.54) is 12.1 Å². The number of nitrogens with zero attached hydrogens (tertiary/aromatic N) is 5. The molecule has 2 atom stereocenters. The molecule has 1 N–H and O–H groups in total. The Morgan fingerprint density at radius 2 is 2.03 bits per heavy atom. The predicted molar refractivity (Wildman–Crippen MR) is 131 cm³/mol. The molecular formula is C27H22F2N6O. The molecule has 4 aromatic rings. The molecule has 2 aliphatic heterocycles. The van der Waals surface area contributed by atoms with E-state index in [-0.39, 0.29) is 11.9 Å². The van der Waals surface area contributed by atoms with Gasteiger partial charge in [0.25, 0.3) is 0 Å². The lowest BCUT2D eigenvalue weighted by atomic mass is 10.0. The quantitative estimate of drug-likeness (QED) is 0.437. The standard InChI is InChI=1S/C27H22F2N6O/c1-16-20-5-3-2-4-17(20)15-33(16)26(36)31-23-14-30-35-11-9-24(32-25(23)35)34-10-8-18-13-27(18,34)21-12-19(28)6-7-22(21)29/h2-7,9,11-12,14,18H,1,8,10,13,15H2,(H,31,36)/t18-,27+/m0/s1. The maximum Gasteiger partial charge on any atom is 0.326 e. The minimum Gasteiger partial charge on any atom is -0.346 e. The molecule has 7 nitrogen and oxygen atoms in total. The van der Waals surface area contributed by atoms with E-state index in [4.69, 9.17) is 4.98 Å². The van der Waals surface area contributed by atoms with Crippen molar-refractivity contribution in [2.45, 2.75) is 24.9 Å². The molecular weight excluding hydrogens is 462 g/mol. The summed E-state index contributed by atoms with van der Waals surface area (Å²) in [6, 6.07) is 12.9. The summed E-state index contributed by atoms with van der Waals surface area (Å²) in [5.74, 6) is 0.0306. The average molecular weight is 485 g/mol. The van der Waals surface area contributed by atoms with Crippen molar-refractivity contribution in [1.82, 2.24) is 19.5 Å². The van der Waals surface area contributed by atoms with E-state index in [0.29, 0.717) is 41.5 Å². The van der Waals surface area contributed by atoms with E-state index in [2.05, 4.69) is 21.9 Å². The molecule has 1 aliphatic carbocycles. The molecule has 0 unspecified atom stereocenters. The summed E-state index contributed by atoms with van der Waals surface area (Å²) in [5.41, 5.74) is 3.35. The highest BCUT2D eigenvalue weighted by Crippen LogP contribution is 2.63. The first-order chi connectivity index (χ1) is 17.5. The lowest BCUT2D eigenvalue weighted by molar-refractivity contribution is 0.232. The summed E-state index contributed by atoms with van der Waals surface area (Å²) < 4.78 is 30.4. The zero-order valence-corrected chi connectivity index (χ0v) is 19.3. The summed E-state index contributed by atoms with van der Waals surface area (Å²) in [6.07, 6.45) is 4.95. The number of anilines is 2. The minimum absolute atomic E-state index is 0.249. The van der Waals surface area contributed by atoms with Crippen LogP contribution in [0.1, 0.15) is 29.5 Å². The van der Waals surface area contributed by atoms with Gasteiger partial charge < -0.3 is 10.2 Å². The van der Waals surface area contributed by atoms with Crippen LogP contribution < -0.4 is 10.2 Å². The number of urea groups is 1. The summed E-state index contributed by atoms with van der Waals surface area (Å²) in [4.78, 5) is 21.6. The second-order valence-electron chi connectivity index (χ2n) is 9.62. The van der Waals surface area contributed by atoms with Gasteiger partial charge in [-0.1, -0.05) is 30.8 Å². The number of carbonyl (C=O) groups excluding carboxylic acids is 1. The first-order valence-corrected chi connectivity index (χ1v) is 11.9. The van der Waals surface area contributed by atoms with Gasteiger partial charge >= 0.3 is 6.03 Å². The van der Waals surface area contributed by atoms with Crippen LogP contribution >= 0.6 is 0 Å². The number of carbonyl (C=O) groups is 1. The van der Waals surface area contributed by atoms with Crippen LogP contribution in [-0.2, 0) is 12.1 Å². The smallest absolute Gasteiger partial charge is 0.326 e. The molecule has 0 bridgehead atoms. The number of nitrogens with one attached hydrogen (secondary N) is 1. The zero-order chi connectivity index (χ0) is 24.6. The number of hydrogen-bond donors (Lipinski definition) is 1. The summed E-state index contributed by atoms with van der Waals surface area (Å²) in [6.45, 7) is 5.21. The van der Waals surface area contributed by atoms with Crippen LogP contribution in [0.4, 0.5) is 25.1 Å². The van der Waals surface area contributed by atoms with Crippen molar-refractivity contribution in [1.29, 1.82) is 0 Å². The molecule has 1 saturated heterocycles. The van der Waals surface area contributed by atoms with Gasteiger partial charge in [-0.05, 0) is 48.6 Å². The number of benzene rings is 2. The Hall–Kier alpha value is -4.27. The number of aromatic nitrogens is 3. The van der Waals surface area contributed by atoms with Gasteiger partial charge in [0.2, 0.25) is 0 Å². The Bertz CT molecular complexity index is 1580. The van der Waals surface area contributed by atoms with E-state index < -0.39 is 17.2 Å². The molecule has 7 rings (SSSR count). The third-order valence-corrected chi connectivity index (χ3v) is 7.75. The highest BCUT2D eigenvalue weighted by atomic mass is 19.1. The summed E-state index contributed by atoms with van der Waals surface area (Å²) in [5, 5.41) is 7.25. The van der Waals surface area contributed by atoms with Gasteiger partial charge in [-0.2, -0.15) is 5.10 Å². The molecule has 2 amide bonds. The lowest BCUT2D eigenvalue weighted by Crippen LogP contribution is -2.34. The SMILES string of the molecule is C=C1c2ccccc2CN1C(=O)Nc1cnn2ccc(N3CC[C@H]4C[C@]43c3cc(F)ccc3F)nc12. The maximum atomic E-state index is 14.8. The Morgan fingerprint density at radius 1 is 1.17 bits per heavy atom. The van der Waals surface area contributed by atoms with E-state index in [1.807, 2.05) is 30.3 Å². The van der Waals surface area contributed by atoms with Crippen LogP contribution in [-0.4, -0.2) is 32.1 Å². The Morgan fingerprint density at radius 3 is 2.86 bits per heavy atom. The molecule has 1 saturated carbocycles. The van der Waals surface area contributed by atoms with Crippen molar-refractivity contribution in [2.75, 3.05) is 16.8 Å². The first kappa shape index (κ1) is 21.0. The van der Waals surface area contributed by atoms with Crippen molar-refractivity contribution in [3.63, 3.8) is 0 Å². The van der Waals surface area contributed by atoms with Gasteiger partial charge in [0.05, 0.1) is 18.3 Å². The van der Waals surface area contributed by atoms with Gasteiger partial charge in [0.1, 0.15) is 23.1 Å². The molecule has 36 heavy (non-hydrogen) atoms. The molecule has 2 fully saturated rings. The molecule has 4 heterocycles. The third-order valence-electron chi connectivity index (χ3n) is 7.75. The number of amides is 2. The number of halogens is 2. The second-order valence-corrected chi connectivity index (χ2v) is 9.62. The molecule has 2 aromatic carbocycles. The maximum absolute atomic E-state index is 14.8. The fraction of sp³-hybridized carbons (Fsp3) is 0.222. The highest BCUT2D eigenvalue weighted by molar-refractivity contribution is 5.99. The van der Waals surface area contributed by atoms with Crippen LogP contribution in [0.2, 0.25) is 0 Å². The van der Waals surface area contributed by atoms with Crippen molar-refractivity contribution < 1.29 is 13.6 Å². The molecule has 180 valence electrons. The van der Waals surface area contributed by atoms with E-state index in [9.17, 15) is 13.6 Å². The predicted octanol–water partition coefficient (Wildman–Crippen LogP) is 5.15. The Balaban J connectivity index is 1.20. The van der Waals surface area contributed by atoms with E-state index >= 15 is 0 Å². The van der Waals surface area contributed by atoms with Gasteiger partial charge in [-0.25, -0.2) is 23.1 Å². The molecule has 0 spiro atoms. The lowest BCUT2D eigenvalue weighted by Gasteiger charge is -2.30. The minimum atomic E-state index is -0.597. The van der Waals surface area contributed by atoms with Gasteiger partial charge in [0, 0.05) is 29.6 Å². The fourth-order valence-corrected chi connectivity index (χ4v) is 5.92. The van der Waals surface area contributed by atoms with E-state index in [0.717, 1.165) is 30.0 Å². The number of hydrogen-bond acceptors (Lipinski definition) is 4. The number of rotatable bonds is 3. The normalized spacial score (nSPS) is 22.2. The van der Waals surface area contributed by atoms with E-state index in [1.54, 1.807) is 21.8 Å². The Kier molecular flexibility index (Phi) is 4.31. The number of piperidine rings is 1. The fourth-order valence-electron chi connectivity index (χ4n) is 5.92. The van der Waals surface area contributed by atoms with Crippen molar-refractivity contribution in [2.24, 2.45) is 5.92 Å². The largest absolute Gasteiger partial charge is 0.346 e. The average Bonchev–Trinajstić information content (AvgIpc) is 3.14. The molecule has 3 aliphatic rings. The zero-order valence-electron chi connectivity index (χ0n) is 19.3. The van der Waals surface area contributed by atoms with Crippen molar-refractivity contribution >= 4 is 28.9 Å². The van der Waals surface area contributed by atoms with Crippen LogP contribution in [0, 0.1) is 17.6 Å². The summed E-state index contributed by atoms with van der Waals surface area (Å²) in [7, 11) is 0. The van der Waals surface area contributed by atoms with Crippen molar-refractivity contribution in [3.05, 3.63) is 95.8 Å².